The number of carboxylic acids is 1. The molecule has 0 atom stereocenters. The maximum Gasteiger partial charge on any atom is 0.335 e. The predicted octanol–water partition coefficient (Wildman–Crippen LogP) is 1.75. The van der Waals surface area contributed by atoms with E-state index in [1.165, 1.54) is 43.5 Å². The van der Waals surface area contributed by atoms with Gasteiger partial charge in [-0.25, -0.2) is 9.69 Å². The minimum Gasteiger partial charge on any atom is -0.546 e. The number of imide groups is 2. The average molecular weight is 556 g/mol. The smallest absolute Gasteiger partial charge is 0.335 e. The Morgan fingerprint density at radius 2 is 1.90 bits per heavy atom. The third-order valence-electron chi connectivity index (χ3n) is 4.08. The van der Waals surface area contributed by atoms with Gasteiger partial charge in [0.25, 0.3) is 11.8 Å². The molecular formula is C20H13ClIN2O7-. The second kappa shape index (κ2) is 9.35. The molecule has 0 aliphatic carbocycles. The minimum atomic E-state index is -1.40. The number of ether oxygens (including phenoxy) is 2. The van der Waals surface area contributed by atoms with Gasteiger partial charge in [-0.3, -0.25) is 14.9 Å². The molecular weight excluding hydrogens is 543 g/mol. The molecule has 11 heteroatoms. The first-order chi connectivity index (χ1) is 14.7. The fraction of sp³-hybridized carbons (Fsp3) is 0.100. The number of urea groups is 1. The highest BCUT2D eigenvalue weighted by molar-refractivity contribution is 14.1. The van der Waals surface area contributed by atoms with E-state index in [9.17, 15) is 24.3 Å². The zero-order chi connectivity index (χ0) is 22.7. The number of anilines is 1. The van der Waals surface area contributed by atoms with Crippen molar-refractivity contribution < 1.29 is 33.8 Å². The maximum atomic E-state index is 12.9. The molecule has 0 aromatic heterocycles. The van der Waals surface area contributed by atoms with Crippen LogP contribution in [-0.4, -0.2) is 37.5 Å². The summed E-state index contributed by atoms with van der Waals surface area (Å²) in [5.41, 5.74) is 0.352. The summed E-state index contributed by atoms with van der Waals surface area (Å²) in [7, 11) is 1.35. The van der Waals surface area contributed by atoms with Gasteiger partial charge in [-0.2, -0.15) is 0 Å². The molecule has 1 fully saturated rings. The van der Waals surface area contributed by atoms with Gasteiger partial charge in [0, 0.05) is 5.02 Å². The number of nitrogens with zero attached hydrogens (tertiary/aromatic N) is 1. The van der Waals surface area contributed by atoms with Crippen molar-refractivity contribution in [2.75, 3.05) is 18.6 Å². The van der Waals surface area contributed by atoms with Gasteiger partial charge in [-0.05, 0) is 70.6 Å². The Morgan fingerprint density at radius 1 is 1.23 bits per heavy atom. The standard InChI is InChI=1S/C20H14ClIN2O7/c1-30-15-8-10(7-14(22)17(15)31-9-16(25)26)6-13-18(27)23-20(29)24(19(13)28)12-4-2-11(21)3-5-12/h2-8H,9H2,1H3,(H,25,26)(H,23,27,29)/p-1/b13-6+. The van der Waals surface area contributed by atoms with Crippen LogP contribution in [0.5, 0.6) is 11.5 Å². The van der Waals surface area contributed by atoms with Gasteiger partial charge in [-0.1, -0.05) is 11.6 Å². The first-order valence-electron chi connectivity index (χ1n) is 8.58. The van der Waals surface area contributed by atoms with Crippen molar-refractivity contribution in [2.24, 2.45) is 0 Å². The van der Waals surface area contributed by atoms with E-state index in [0.717, 1.165) is 4.90 Å². The van der Waals surface area contributed by atoms with Crippen molar-refractivity contribution >= 4 is 69.8 Å². The van der Waals surface area contributed by atoms with E-state index in [1.807, 2.05) is 22.6 Å². The summed E-state index contributed by atoms with van der Waals surface area (Å²) in [5, 5.41) is 13.2. The van der Waals surface area contributed by atoms with Crippen LogP contribution in [0.1, 0.15) is 5.56 Å². The van der Waals surface area contributed by atoms with Gasteiger partial charge in [0.2, 0.25) is 0 Å². The second-order valence-corrected chi connectivity index (χ2v) is 7.73. The van der Waals surface area contributed by atoms with E-state index >= 15 is 0 Å². The summed E-state index contributed by atoms with van der Waals surface area (Å²) in [5.74, 6) is -2.71. The fourth-order valence-corrected chi connectivity index (χ4v) is 3.65. The Hall–Kier alpha value is -3.12. The van der Waals surface area contributed by atoms with E-state index in [4.69, 9.17) is 21.1 Å². The fourth-order valence-electron chi connectivity index (χ4n) is 2.74. The van der Waals surface area contributed by atoms with Crippen molar-refractivity contribution in [3.05, 3.63) is 56.1 Å². The molecule has 0 unspecified atom stereocenters. The molecule has 2 aromatic rings. The van der Waals surface area contributed by atoms with Crippen LogP contribution >= 0.6 is 34.2 Å². The molecule has 1 aliphatic heterocycles. The van der Waals surface area contributed by atoms with Crippen LogP contribution < -0.4 is 24.8 Å². The molecule has 0 bridgehead atoms. The molecule has 1 heterocycles. The van der Waals surface area contributed by atoms with Crippen LogP contribution in [0.15, 0.2) is 42.0 Å². The van der Waals surface area contributed by atoms with Crippen molar-refractivity contribution in [1.29, 1.82) is 0 Å². The third-order valence-corrected chi connectivity index (χ3v) is 5.14. The molecule has 160 valence electrons. The monoisotopic (exact) mass is 555 g/mol. The molecule has 1 N–H and O–H groups in total. The van der Waals surface area contributed by atoms with Gasteiger partial charge < -0.3 is 19.4 Å². The Morgan fingerprint density at radius 3 is 2.52 bits per heavy atom. The molecule has 3 rings (SSSR count). The molecule has 0 saturated carbocycles. The van der Waals surface area contributed by atoms with Gasteiger partial charge in [-0.15, -0.1) is 0 Å². The summed E-state index contributed by atoms with van der Waals surface area (Å²) < 4.78 is 10.9. The molecule has 0 spiro atoms. The summed E-state index contributed by atoms with van der Waals surface area (Å²) in [6.07, 6.45) is 1.29. The van der Waals surface area contributed by atoms with Gasteiger partial charge in [0.1, 0.15) is 12.2 Å². The highest BCUT2D eigenvalue weighted by Crippen LogP contribution is 2.35. The zero-order valence-electron chi connectivity index (χ0n) is 15.8. The van der Waals surface area contributed by atoms with Gasteiger partial charge in [0.05, 0.1) is 22.3 Å². The average Bonchev–Trinajstić information content (AvgIpc) is 2.71. The number of carboxylic acid groups (broad SMARTS) is 1. The van der Waals surface area contributed by atoms with Gasteiger partial charge >= 0.3 is 6.03 Å². The summed E-state index contributed by atoms with van der Waals surface area (Å²) in [6.45, 7) is -0.675. The number of nitrogens with one attached hydrogen (secondary N) is 1. The summed E-state index contributed by atoms with van der Waals surface area (Å²) in [6, 6.07) is 8.11. The topological polar surface area (TPSA) is 125 Å². The van der Waals surface area contributed by atoms with Crippen LogP contribution in [0, 0.1) is 3.57 Å². The molecule has 1 aliphatic rings. The highest BCUT2D eigenvalue weighted by Gasteiger charge is 2.36. The minimum absolute atomic E-state index is 0.173. The largest absolute Gasteiger partial charge is 0.546 e. The normalized spacial score (nSPS) is 15.1. The number of hydrogen-bond acceptors (Lipinski definition) is 7. The zero-order valence-corrected chi connectivity index (χ0v) is 18.7. The summed E-state index contributed by atoms with van der Waals surface area (Å²) in [4.78, 5) is 49.0. The number of aliphatic carboxylic acids is 1. The van der Waals surface area contributed by atoms with Crippen LogP contribution in [0.4, 0.5) is 10.5 Å². The molecule has 0 radical (unpaired) electrons. The van der Waals surface area contributed by atoms with E-state index in [0.29, 0.717) is 14.2 Å². The quantitative estimate of drug-likeness (QED) is 0.327. The Labute approximate surface area is 194 Å². The number of halogens is 2. The Balaban J connectivity index is 1.99. The first kappa shape index (κ1) is 22.6. The van der Waals surface area contributed by atoms with Crippen molar-refractivity contribution in [2.45, 2.75) is 0 Å². The molecule has 1 saturated heterocycles. The van der Waals surface area contributed by atoms with Crippen LogP contribution in [-0.2, 0) is 14.4 Å². The number of amides is 4. The second-order valence-electron chi connectivity index (χ2n) is 6.13. The molecule has 31 heavy (non-hydrogen) atoms. The SMILES string of the molecule is COc1cc(/C=C2\C(=O)NC(=O)N(c3ccc(Cl)cc3)C2=O)cc(I)c1OCC(=O)[O-]. The Kier molecular flexibility index (Phi) is 6.81. The number of benzene rings is 2. The summed E-state index contributed by atoms with van der Waals surface area (Å²) >= 11 is 7.75. The van der Waals surface area contributed by atoms with E-state index in [1.54, 1.807) is 6.07 Å². The number of barbiturate groups is 1. The van der Waals surface area contributed by atoms with Crippen molar-refractivity contribution in [1.82, 2.24) is 5.32 Å². The number of methoxy groups -OCH3 is 1. The number of carbonyl (C=O) groups excluding carboxylic acids is 4. The number of carbonyl (C=O) groups is 4. The molecule has 9 nitrogen and oxygen atoms in total. The molecule has 2 aromatic carbocycles. The van der Waals surface area contributed by atoms with Crippen LogP contribution in [0.25, 0.3) is 6.08 Å². The third kappa shape index (κ3) is 4.97. The lowest BCUT2D eigenvalue weighted by Gasteiger charge is -2.26. The number of hydrogen-bond donors (Lipinski definition) is 1. The Bertz CT molecular complexity index is 1120. The number of rotatable bonds is 6. The van der Waals surface area contributed by atoms with E-state index in [-0.39, 0.29) is 22.8 Å². The molecule has 4 amide bonds. The lowest BCUT2D eigenvalue weighted by atomic mass is 10.1. The van der Waals surface area contributed by atoms with E-state index in [2.05, 4.69) is 5.32 Å². The van der Waals surface area contributed by atoms with Crippen molar-refractivity contribution in [3.63, 3.8) is 0 Å². The maximum absolute atomic E-state index is 12.9. The van der Waals surface area contributed by atoms with Crippen LogP contribution in [0.2, 0.25) is 5.02 Å². The highest BCUT2D eigenvalue weighted by atomic mass is 127. The van der Waals surface area contributed by atoms with Crippen molar-refractivity contribution in [3.8, 4) is 11.5 Å². The first-order valence-corrected chi connectivity index (χ1v) is 10.0. The van der Waals surface area contributed by atoms with Gasteiger partial charge in [0.15, 0.2) is 11.5 Å². The lowest BCUT2D eigenvalue weighted by molar-refractivity contribution is -0.307. The lowest BCUT2D eigenvalue weighted by Crippen LogP contribution is -2.54. The van der Waals surface area contributed by atoms with Crippen LogP contribution in [0.3, 0.4) is 0 Å². The predicted molar refractivity (Wildman–Crippen MR) is 117 cm³/mol. The van der Waals surface area contributed by atoms with E-state index < -0.39 is 30.4 Å².